The SMILES string of the molecule is CC(C)(C)C(CN(C[C@H](O[Si](C)(C)C(C)(C)C)c1ccc(OCc2ccccc2)c2[nH]c(=O)ccc12)C(=O)O)c1cccc([N+](=O)[O-])c1. The minimum absolute atomic E-state index is 0.00178. The van der Waals surface area contributed by atoms with Gasteiger partial charge in [-0.2, -0.15) is 0 Å². The molecule has 3 aromatic carbocycles. The lowest BCUT2D eigenvalue weighted by atomic mass is 9.76. The van der Waals surface area contributed by atoms with Gasteiger partial charge in [0.1, 0.15) is 12.4 Å². The summed E-state index contributed by atoms with van der Waals surface area (Å²) in [6, 6.07) is 23.0. The highest BCUT2D eigenvalue weighted by Gasteiger charge is 2.41. The van der Waals surface area contributed by atoms with Gasteiger partial charge in [-0.05, 0) is 52.4 Å². The number of aromatic nitrogens is 1. The second-order valence-electron chi connectivity index (χ2n) is 14.9. The van der Waals surface area contributed by atoms with Crippen LogP contribution in [0.15, 0.2) is 83.7 Å². The first-order chi connectivity index (χ1) is 22.4. The number of non-ortho nitro benzene ring substituents is 1. The first-order valence-corrected chi connectivity index (χ1v) is 19.0. The van der Waals surface area contributed by atoms with Gasteiger partial charge in [0.25, 0.3) is 5.69 Å². The van der Waals surface area contributed by atoms with Crippen LogP contribution in [0.1, 0.15) is 70.3 Å². The van der Waals surface area contributed by atoms with Crippen molar-refractivity contribution in [2.45, 2.75) is 78.3 Å². The van der Waals surface area contributed by atoms with Crippen LogP contribution in [0.5, 0.6) is 5.75 Å². The third kappa shape index (κ3) is 8.70. The van der Waals surface area contributed by atoms with Gasteiger partial charge in [-0.25, -0.2) is 4.79 Å². The molecule has 1 unspecified atom stereocenters. The van der Waals surface area contributed by atoms with Crippen LogP contribution in [0, 0.1) is 15.5 Å². The molecule has 4 aromatic rings. The van der Waals surface area contributed by atoms with E-state index in [1.54, 1.807) is 18.2 Å². The number of nitrogens with zero attached hydrogens (tertiary/aromatic N) is 2. The van der Waals surface area contributed by atoms with Crippen LogP contribution < -0.4 is 10.3 Å². The fraction of sp³-hybridized carbons (Fsp3) is 0.405. The lowest BCUT2D eigenvalue weighted by Gasteiger charge is -2.41. The first-order valence-electron chi connectivity index (χ1n) is 16.1. The Morgan fingerprint density at radius 1 is 0.958 bits per heavy atom. The molecule has 1 heterocycles. The summed E-state index contributed by atoms with van der Waals surface area (Å²) in [6.07, 6.45) is -1.82. The number of H-pyrrole nitrogens is 1. The van der Waals surface area contributed by atoms with Crippen molar-refractivity contribution in [1.82, 2.24) is 9.88 Å². The summed E-state index contributed by atoms with van der Waals surface area (Å²) in [4.78, 5) is 41.0. The zero-order valence-corrected chi connectivity index (χ0v) is 30.1. The Morgan fingerprint density at radius 3 is 2.25 bits per heavy atom. The molecule has 11 heteroatoms. The van der Waals surface area contributed by atoms with Crippen molar-refractivity contribution in [3.8, 4) is 5.75 Å². The molecule has 2 atom stereocenters. The Balaban J connectivity index is 1.80. The lowest BCUT2D eigenvalue weighted by molar-refractivity contribution is -0.384. The molecule has 0 aliphatic carbocycles. The molecular weight excluding hydrogens is 627 g/mol. The largest absolute Gasteiger partial charge is 0.487 e. The van der Waals surface area contributed by atoms with E-state index in [0.717, 1.165) is 11.1 Å². The van der Waals surface area contributed by atoms with E-state index in [-0.39, 0.29) is 35.3 Å². The number of aromatic amines is 1. The molecule has 0 radical (unpaired) electrons. The quantitative estimate of drug-likeness (QED) is 0.0871. The van der Waals surface area contributed by atoms with Gasteiger partial charge in [-0.1, -0.05) is 90.1 Å². The number of nitro groups is 1. The maximum atomic E-state index is 13.0. The number of fused-ring (bicyclic) bond motifs is 1. The summed E-state index contributed by atoms with van der Waals surface area (Å²) in [7, 11) is -2.48. The van der Waals surface area contributed by atoms with Gasteiger partial charge in [0.15, 0.2) is 8.32 Å². The Labute approximate surface area is 283 Å². The molecule has 0 aliphatic rings. The van der Waals surface area contributed by atoms with E-state index in [1.807, 2.05) is 63.2 Å². The third-order valence-electron chi connectivity index (χ3n) is 9.31. The highest BCUT2D eigenvalue weighted by Crippen LogP contribution is 2.43. The van der Waals surface area contributed by atoms with E-state index in [4.69, 9.17) is 9.16 Å². The van der Waals surface area contributed by atoms with Crippen LogP contribution in [0.4, 0.5) is 10.5 Å². The number of hydrogen-bond acceptors (Lipinski definition) is 6. The predicted molar refractivity (Wildman–Crippen MR) is 191 cm³/mol. The van der Waals surface area contributed by atoms with Gasteiger partial charge in [0, 0.05) is 36.0 Å². The summed E-state index contributed by atoms with van der Waals surface area (Å²) < 4.78 is 13.2. The molecule has 0 bridgehead atoms. The van der Waals surface area contributed by atoms with E-state index in [1.165, 1.54) is 23.1 Å². The van der Waals surface area contributed by atoms with E-state index in [2.05, 4.69) is 38.8 Å². The molecule has 1 aromatic heterocycles. The summed E-state index contributed by atoms with van der Waals surface area (Å²) >= 11 is 0. The van der Waals surface area contributed by atoms with Crippen molar-refractivity contribution >= 4 is 31.0 Å². The molecule has 0 spiro atoms. The van der Waals surface area contributed by atoms with Crippen molar-refractivity contribution in [1.29, 1.82) is 0 Å². The number of benzene rings is 3. The zero-order valence-electron chi connectivity index (χ0n) is 29.1. The summed E-state index contributed by atoms with van der Waals surface area (Å²) in [5.74, 6) is 0.138. The Morgan fingerprint density at radius 2 is 1.65 bits per heavy atom. The van der Waals surface area contributed by atoms with E-state index >= 15 is 0 Å². The second-order valence-corrected chi connectivity index (χ2v) is 19.6. The van der Waals surface area contributed by atoms with Crippen molar-refractivity contribution in [2.24, 2.45) is 5.41 Å². The van der Waals surface area contributed by atoms with Crippen molar-refractivity contribution in [3.63, 3.8) is 0 Å². The third-order valence-corrected chi connectivity index (χ3v) is 13.8. The number of carboxylic acid groups (broad SMARTS) is 1. The number of ether oxygens (including phenoxy) is 1. The Kier molecular flexibility index (Phi) is 10.9. The Bertz CT molecular complexity index is 1810. The Hall–Kier alpha value is -4.48. The standard InChI is InChI=1S/C37H47N3O7Si/c1-36(2,3)30(26-15-12-16-27(21-26)40(44)45)22-39(35(42)43)23-32(47-48(7,8)37(4,5)6)28-17-19-31(34-29(28)18-20-33(41)38-34)46-24-25-13-10-9-11-14-25/h9-21,30,32H,22-24H2,1-8H3,(H,38,41)(H,42,43)/t30?,32-/m0/s1. The van der Waals surface area contributed by atoms with Crippen LogP contribution in [0.3, 0.4) is 0 Å². The first kappa shape index (κ1) is 36.4. The monoisotopic (exact) mass is 673 g/mol. The predicted octanol–water partition coefficient (Wildman–Crippen LogP) is 8.89. The molecule has 0 saturated carbocycles. The van der Waals surface area contributed by atoms with Crippen molar-refractivity contribution in [2.75, 3.05) is 13.1 Å². The molecule has 2 N–H and O–H groups in total. The zero-order chi connectivity index (χ0) is 35.4. The minimum Gasteiger partial charge on any atom is -0.487 e. The maximum Gasteiger partial charge on any atom is 0.407 e. The van der Waals surface area contributed by atoms with Crippen molar-refractivity contribution < 1.29 is 24.0 Å². The molecule has 10 nitrogen and oxygen atoms in total. The minimum atomic E-state index is -2.48. The van der Waals surface area contributed by atoms with E-state index < -0.39 is 30.9 Å². The maximum absolute atomic E-state index is 13.0. The van der Waals surface area contributed by atoms with Gasteiger partial charge in [0.2, 0.25) is 5.56 Å². The lowest BCUT2D eigenvalue weighted by Crippen LogP contribution is -2.46. The highest BCUT2D eigenvalue weighted by molar-refractivity contribution is 6.74. The molecule has 0 saturated heterocycles. The molecule has 4 rings (SSSR count). The number of rotatable bonds is 12. The molecule has 0 fully saturated rings. The van der Waals surface area contributed by atoms with Gasteiger partial charge in [-0.15, -0.1) is 0 Å². The molecule has 256 valence electrons. The number of amides is 1. The summed E-state index contributed by atoms with van der Waals surface area (Å²) in [6.45, 7) is 17.0. The van der Waals surface area contributed by atoms with Gasteiger partial charge < -0.3 is 24.2 Å². The summed E-state index contributed by atoms with van der Waals surface area (Å²) in [5.41, 5.74) is 2.14. The summed E-state index contributed by atoms with van der Waals surface area (Å²) in [5, 5.41) is 22.7. The molecular formula is C37H47N3O7Si. The number of pyridine rings is 1. The smallest absolute Gasteiger partial charge is 0.407 e. The fourth-order valence-electron chi connectivity index (χ4n) is 5.50. The number of nitrogens with one attached hydrogen (secondary N) is 1. The average Bonchev–Trinajstić information content (AvgIpc) is 3.00. The van der Waals surface area contributed by atoms with Crippen LogP contribution in [0.25, 0.3) is 10.9 Å². The fourth-order valence-corrected chi connectivity index (χ4v) is 6.77. The number of nitro benzene ring substituents is 1. The highest BCUT2D eigenvalue weighted by atomic mass is 28.4. The second kappa shape index (κ2) is 14.3. The molecule has 0 aliphatic heterocycles. The van der Waals surface area contributed by atoms with E-state index in [0.29, 0.717) is 28.8 Å². The number of carbonyl (C=O) groups is 1. The van der Waals surface area contributed by atoms with E-state index in [9.17, 15) is 24.8 Å². The number of hydrogen-bond donors (Lipinski definition) is 2. The topological polar surface area (TPSA) is 135 Å². The molecule has 1 amide bonds. The van der Waals surface area contributed by atoms with Gasteiger partial charge in [-0.3, -0.25) is 14.9 Å². The van der Waals surface area contributed by atoms with Crippen molar-refractivity contribution in [3.05, 3.63) is 116 Å². The van der Waals surface area contributed by atoms with Crippen LogP contribution in [-0.2, 0) is 11.0 Å². The van der Waals surface area contributed by atoms with Crippen LogP contribution in [0.2, 0.25) is 18.1 Å². The van der Waals surface area contributed by atoms with Crippen LogP contribution in [-0.4, -0.2) is 47.4 Å². The average molecular weight is 674 g/mol. The van der Waals surface area contributed by atoms with Gasteiger partial charge in [0.05, 0.1) is 23.1 Å². The normalized spacial score (nSPS) is 13.6. The van der Waals surface area contributed by atoms with Gasteiger partial charge >= 0.3 is 6.09 Å². The van der Waals surface area contributed by atoms with Crippen LogP contribution >= 0.6 is 0 Å². The molecule has 48 heavy (non-hydrogen) atoms.